The molecule has 1 aliphatic heterocycles. The SMILES string of the molecule is CS(=O)(=O)c1cncc(-c2nc3c(N4CCOCC4)nc(Cl)nc3s2)c1. The number of nitrogens with zero attached hydrogens (tertiary/aromatic N) is 5. The molecule has 0 atom stereocenters. The van der Waals surface area contributed by atoms with E-state index < -0.39 is 9.84 Å². The quantitative estimate of drug-likeness (QED) is 0.604. The Kier molecular flexibility index (Phi) is 4.51. The van der Waals surface area contributed by atoms with Crippen molar-refractivity contribution in [3.63, 3.8) is 0 Å². The van der Waals surface area contributed by atoms with Gasteiger partial charge in [-0.1, -0.05) is 11.3 Å². The van der Waals surface area contributed by atoms with E-state index in [1.807, 2.05) is 0 Å². The van der Waals surface area contributed by atoms with Gasteiger partial charge in [0.05, 0.1) is 18.1 Å². The Bertz CT molecular complexity index is 1080. The molecule has 26 heavy (non-hydrogen) atoms. The second-order valence-corrected chi connectivity index (χ2v) is 9.10. The maximum atomic E-state index is 11.8. The first-order valence-corrected chi connectivity index (χ1v) is 10.8. The van der Waals surface area contributed by atoms with E-state index in [0.29, 0.717) is 53.0 Å². The Morgan fingerprint density at radius 2 is 1.96 bits per heavy atom. The molecule has 136 valence electrons. The first kappa shape index (κ1) is 17.5. The monoisotopic (exact) mass is 411 g/mol. The third-order valence-electron chi connectivity index (χ3n) is 3.91. The molecule has 0 bridgehead atoms. The van der Waals surface area contributed by atoms with Crippen molar-refractivity contribution >= 4 is 48.9 Å². The van der Waals surface area contributed by atoms with Crippen molar-refractivity contribution in [3.8, 4) is 10.6 Å². The van der Waals surface area contributed by atoms with Crippen LogP contribution in [0.25, 0.3) is 20.9 Å². The molecule has 0 unspecified atom stereocenters. The second-order valence-electron chi connectivity index (χ2n) is 5.77. The number of sulfone groups is 1. The molecule has 1 saturated heterocycles. The third-order valence-corrected chi connectivity index (χ3v) is 6.16. The molecule has 4 heterocycles. The van der Waals surface area contributed by atoms with Crippen LogP contribution >= 0.6 is 22.9 Å². The van der Waals surface area contributed by atoms with Crippen molar-refractivity contribution in [3.05, 3.63) is 23.7 Å². The van der Waals surface area contributed by atoms with Crippen molar-refractivity contribution < 1.29 is 13.2 Å². The summed E-state index contributed by atoms with van der Waals surface area (Å²) >= 11 is 7.41. The molecule has 1 aliphatic rings. The van der Waals surface area contributed by atoms with Crippen LogP contribution in [0.4, 0.5) is 5.82 Å². The molecular weight excluding hydrogens is 398 g/mol. The van der Waals surface area contributed by atoms with Crippen LogP contribution in [-0.4, -0.2) is 60.9 Å². The smallest absolute Gasteiger partial charge is 0.225 e. The van der Waals surface area contributed by atoms with E-state index in [2.05, 4.69) is 24.8 Å². The van der Waals surface area contributed by atoms with Gasteiger partial charge in [-0.3, -0.25) is 4.98 Å². The molecule has 0 N–H and O–H groups in total. The molecule has 8 nitrogen and oxygen atoms in total. The Hall–Kier alpha value is -1.88. The van der Waals surface area contributed by atoms with Gasteiger partial charge in [0.2, 0.25) is 5.28 Å². The Morgan fingerprint density at radius 3 is 2.69 bits per heavy atom. The second kappa shape index (κ2) is 6.69. The number of thiazole rings is 1. The molecule has 0 saturated carbocycles. The highest BCUT2D eigenvalue weighted by Gasteiger charge is 2.21. The number of pyridine rings is 1. The van der Waals surface area contributed by atoms with E-state index in [-0.39, 0.29) is 10.2 Å². The van der Waals surface area contributed by atoms with Crippen LogP contribution in [0.15, 0.2) is 23.4 Å². The van der Waals surface area contributed by atoms with Gasteiger partial charge in [0.25, 0.3) is 0 Å². The highest BCUT2D eigenvalue weighted by Crippen LogP contribution is 2.34. The van der Waals surface area contributed by atoms with Gasteiger partial charge in [0, 0.05) is 37.3 Å². The van der Waals surface area contributed by atoms with Crippen molar-refractivity contribution in [1.29, 1.82) is 0 Å². The van der Waals surface area contributed by atoms with E-state index in [0.717, 1.165) is 6.26 Å². The Morgan fingerprint density at radius 1 is 1.19 bits per heavy atom. The summed E-state index contributed by atoms with van der Waals surface area (Å²) in [5.74, 6) is 0.665. The molecule has 0 amide bonds. The Balaban J connectivity index is 1.83. The standard InChI is InChI=1S/C15H14ClN5O3S2/c1-26(22,23)10-6-9(7-17-8-10)13-18-11-12(21-2-4-24-5-3-21)19-15(16)20-14(11)25-13/h6-8H,2-5H2,1H3. The lowest BCUT2D eigenvalue weighted by Gasteiger charge is -2.27. The molecule has 3 aromatic heterocycles. The van der Waals surface area contributed by atoms with Crippen LogP contribution in [0, 0.1) is 0 Å². The van der Waals surface area contributed by atoms with Crippen LogP contribution in [0.1, 0.15) is 0 Å². The minimum atomic E-state index is -3.35. The number of hydrogen-bond acceptors (Lipinski definition) is 9. The number of fused-ring (bicyclic) bond motifs is 1. The summed E-state index contributed by atoms with van der Waals surface area (Å²) in [6, 6.07) is 1.56. The van der Waals surface area contributed by atoms with Crippen molar-refractivity contribution in [2.45, 2.75) is 4.90 Å². The lowest BCUT2D eigenvalue weighted by molar-refractivity contribution is 0.122. The normalized spacial score (nSPS) is 15.5. The fourth-order valence-electron chi connectivity index (χ4n) is 2.64. The zero-order chi connectivity index (χ0) is 18.3. The summed E-state index contributed by atoms with van der Waals surface area (Å²) in [4.78, 5) is 20.1. The fourth-order valence-corrected chi connectivity index (χ4v) is 4.36. The lowest BCUT2D eigenvalue weighted by Crippen LogP contribution is -2.37. The molecule has 0 aromatic carbocycles. The number of aromatic nitrogens is 4. The molecule has 1 fully saturated rings. The predicted molar refractivity (Wildman–Crippen MR) is 99.6 cm³/mol. The van der Waals surface area contributed by atoms with E-state index in [1.165, 1.54) is 17.5 Å². The highest BCUT2D eigenvalue weighted by molar-refractivity contribution is 7.90. The molecule has 3 aromatic rings. The molecule has 11 heteroatoms. The topological polar surface area (TPSA) is 98.2 Å². The maximum Gasteiger partial charge on any atom is 0.225 e. The number of halogens is 1. The minimum absolute atomic E-state index is 0.145. The van der Waals surface area contributed by atoms with Crippen LogP contribution in [0.5, 0.6) is 0 Å². The van der Waals surface area contributed by atoms with Gasteiger partial charge >= 0.3 is 0 Å². The molecular formula is C15H14ClN5O3S2. The first-order chi connectivity index (χ1) is 12.4. The first-order valence-electron chi connectivity index (χ1n) is 7.74. The van der Waals surface area contributed by atoms with Gasteiger partial charge < -0.3 is 9.64 Å². The van der Waals surface area contributed by atoms with Crippen LogP contribution < -0.4 is 4.90 Å². The van der Waals surface area contributed by atoms with Crippen molar-refractivity contribution in [2.24, 2.45) is 0 Å². The summed E-state index contributed by atoms with van der Waals surface area (Å²) < 4.78 is 28.9. The summed E-state index contributed by atoms with van der Waals surface area (Å²) in [5.41, 5.74) is 1.25. The van der Waals surface area contributed by atoms with Crippen LogP contribution in [-0.2, 0) is 14.6 Å². The average Bonchev–Trinajstić information content (AvgIpc) is 3.05. The third kappa shape index (κ3) is 3.37. The summed E-state index contributed by atoms with van der Waals surface area (Å²) in [6.45, 7) is 2.61. The summed E-state index contributed by atoms with van der Waals surface area (Å²) in [6.07, 6.45) is 4.05. The largest absolute Gasteiger partial charge is 0.378 e. The number of ether oxygens (including phenoxy) is 1. The molecule has 0 radical (unpaired) electrons. The van der Waals surface area contributed by atoms with Crippen molar-refractivity contribution in [2.75, 3.05) is 37.5 Å². The highest BCUT2D eigenvalue weighted by atomic mass is 35.5. The van der Waals surface area contributed by atoms with Gasteiger partial charge in [-0.05, 0) is 17.7 Å². The maximum absolute atomic E-state index is 11.8. The number of hydrogen-bond donors (Lipinski definition) is 0. The van der Waals surface area contributed by atoms with Crippen LogP contribution in [0.3, 0.4) is 0 Å². The van der Waals surface area contributed by atoms with E-state index in [4.69, 9.17) is 16.3 Å². The zero-order valence-corrected chi connectivity index (χ0v) is 16.1. The zero-order valence-electron chi connectivity index (χ0n) is 13.7. The Labute approximate surface area is 158 Å². The molecule has 0 spiro atoms. The van der Waals surface area contributed by atoms with Gasteiger partial charge in [-0.15, -0.1) is 0 Å². The lowest BCUT2D eigenvalue weighted by atomic mass is 10.3. The minimum Gasteiger partial charge on any atom is -0.378 e. The van der Waals surface area contributed by atoms with E-state index in [1.54, 1.807) is 12.3 Å². The van der Waals surface area contributed by atoms with Gasteiger partial charge in [0.15, 0.2) is 20.5 Å². The van der Waals surface area contributed by atoms with E-state index in [9.17, 15) is 8.42 Å². The number of rotatable bonds is 3. The number of anilines is 1. The van der Waals surface area contributed by atoms with Gasteiger partial charge in [-0.25, -0.2) is 18.4 Å². The van der Waals surface area contributed by atoms with Gasteiger partial charge in [0.1, 0.15) is 10.5 Å². The van der Waals surface area contributed by atoms with Crippen molar-refractivity contribution in [1.82, 2.24) is 19.9 Å². The van der Waals surface area contributed by atoms with E-state index >= 15 is 0 Å². The molecule has 0 aliphatic carbocycles. The predicted octanol–water partition coefficient (Wildman–Crippen LogP) is 2.04. The average molecular weight is 412 g/mol. The summed E-state index contributed by atoms with van der Waals surface area (Å²) in [5, 5.41) is 0.765. The summed E-state index contributed by atoms with van der Waals surface area (Å²) in [7, 11) is -3.35. The van der Waals surface area contributed by atoms with Crippen LogP contribution in [0.2, 0.25) is 5.28 Å². The van der Waals surface area contributed by atoms with Gasteiger partial charge in [-0.2, -0.15) is 4.98 Å². The molecule has 4 rings (SSSR count). The fraction of sp³-hybridized carbons (Fsp3) is 0.333. The number of morpholine rings is 1.